The number of nitrogens with zero attached hydrogens (tertiary/aromatic N) is 1. The third-order valence-corrected chi connectivity index (χ3v) is 7.27. The Morgan fingerprint density at radius 1 is 0.917 bits per heavy atom. The predicted octanol–water partition coefficient (Wildman–Crippen LogP) is 6.32. The molecule has 1 unspecified atom stereocenters. The summed E-state index contributed by atoms with van der Waals surface area (Å²) in [6, 6.07) is 20.7. The van der Waals surface area contributed by atoms with Gasteiger partial charge in [0.05, 0.1) is 13.2 Å². The van der Waals surface area contributed by atoms with Crippen LogP contribution in [0.1, 0.15) is 42.6 Å². The van der Waals surface area contributed by atoms with Crippen LogP contribution in [0.15, 0.2) is 72.8 Å². The first kappa shape index (κ1) is 26.6. The Bertz CT molecular complexity index is 1070. The molecule has 0 aliphatic carbocycles. The van der Waals surface area contributed by atoms with Crippen molar-refractivity contribution in [3.05, 3.63) is 101 Å². The zero-order valence-electron chi connectivity index (χ0n) is 20.4. The number of benzene rings is 3. The van der Waals surface area contributed by atoms with Crippen molar-refractivity contribution in [2.45, 2.75) is 44.2 Å². The highest BCUT2D eigenvalue weighted by Crippen LogP contribution is 2.37. The number of fused-ring (bicyclic) bond motifs is 1. The molecule has 0 bridgehead atoms. The van der Waals surface area contributed by atoms with E-state index in [1.165, 1.54) is 24.3 Å². The van der Waals surface area contributed by atoms with Crippen molar-refractivity contribution in [1.82, 2.24) is 4.90 Å². The molecule has 1 atom stereocenters. The van der Waals surface area contributed by atoms with Crippen LogP contribution in [0.4, 0.5) is 8.78 Å². The summed E-state index contributed by atoms with van der Waals surface area (Å²) < 4.78 is 45.9. The smallest absolute Gasteiger partial charge is 0.125 e. The lowest BCUT2D eigenvalue weighted by molar-refractivity contribution is -0.137. The van der Waals surface area contributed by atoms with Crippen LogP contribution in [0.2, 0.25) is 0 Å². The van der Waals surface area contributed by atoms with Crippen LogP contribution < -0.4 is 4.74 Å². The van der Waals surface area contributed by atoms with Gasteiger partial charge in [0.2, 0.25) is 0 Å². The molecule has 4 nitrogen and oxygen atoms in total. The summed E-state index contributed by atoms with van der Waals surface area (Å²) in [5.41, 5.74) is 2.49. The van der Waals surface area contributed by atoms with Gasteiger partial charge in [0, 0.05) is 25.2 Å². The second-order valence-corrected chi connectivity index (χ2v) is 9.42. The van der Waals surface area contributed by atoms with E-state index < -0.39 is 0 Å². The summed E-state index contributed by atoms with van der Waals surface area (Å²) in [5, 5.41) is 0. The van der Waals surface area contributed by atoms with Gasteiger partial charge < -0.3 is 19.1 Å². The minimum atomic E-state index is -0.385. The zero-order chi connectivity index (χ0) is 24.3. The number of hydrogen-bond acceptors (Lipinski definition) is 4. The van der Waals surface area contributed by atoms with Gasteiger partial charge in [-0.1, -0.05) is 42.5 Å². The van der Waals surface area contributed by atoms with Gasteiger partial charge in [-0.3, -0.25) is 0 Å². The summed E-state index contributed by atoms with van der Waals surface area (Å²) in [6.07, 6.45) is 1.37. The molecule has 0 saturated carbocycles. The first-order valence-electron chi connectivity index (χ1n) is 12.3. The standard InChI is InChI=1S/C29H31F2NO3.ClH/c1-21-29(34-20-24-4-2-3-5-27(24)35-21)14-16-32(17-15-29)18-19-33-28(22-6-10-25(30)11-7-22)23-8-12-26(31)13-9-23;/h2-13,21,28H,14-20H2,1H3;1H. The fraction of sp³-hybridized carbons (Fsp3) is 0.379. The van der Waals surface area contributed by atoms with Gasteiger partial charge >= 0.3 is 0 Å². The first-order chi connectivity index (χ1) is 17.0. The summed E-state index contributed by atoms with van der Waals surface area (Å²) in [5.74, 6) is 0.326. The third kappa shape index (κ3) is 5.89. The van der Waals surface area contributed by atoms with E-state index >= 15 is 0 Å². The second-order valence-electron chi connectivity index (χ2n) is 9.42. The molecular weight excluding hydrogens is 484 g/mol. The molecule has 2 aliphatic heterocycles. The molecule has 0 aromatic heterocycles. The molecule has 1 saturated heterocycles. The van der Waals surface area contributed by atoms with Gasteiger partial charge in [0.25, 0.3) is 0 Å². The lowest BCUT2D eigenvalue weighted by Crippen LogP contribution is -2.53. The van der Waals surface area contributed by atoms with Gasteiger partial charge in [0.1, 0.15) is 35.2 Å². The fourth-order valence-corrected chi connectivity index (χ4v) is 5.04. The summed E-state index contributed by atoms with van der Waals surface area (Å²) >= 11 is 0. The van der Waals surface area contributed by atoms with Crippen molar-refractivity contribution < 1.29 is 23.0 Å². The largest absolute Gasteiger partial charge is 0.487 e. The average Bonchev–Trinajstić information content (AvgIpc) is 3.01. The molecule has 3 aromatic carbocycles. The maximum atomic E-state index is 13.5. The molecule has 7 heteroatoms. The van der Waals surface area contributed by atoms with Crippen molar-refractivity contribution in [3.8, 4) is 5.75 Å². The summed E-state index contributed by atoms with van der Waals surface area (Å²) in [7, 11) is 0. The quantitative estimate of drug-likeness (QED) is 0.384. The van der Waals surface area contributed by atoms with Crippen LogP contribution >= 0.6 is 12.4 Å². The van der Waals surface area contributed by atoms with Crippen molar-refractivity contribution in [2.24, 2.45) is 0 Å². The molecule has 5 rings (SSSR count). The number of hydrogen-bond donors (Lipinski definition) is 0. The maximum absolute atomic E-state index is 13.5. The van der Waals surface area contributed by atoms with Crippen LogP contribution in [0.3, 0.4) is 0 Å². The Labute approximate surface area is 217 Å². The SMILES string of the molecule is CC1Oc2ccccc2COC12CCN(CCOC(c1ccc(F)cc1)c1ccc(F)cc1)CC2.Cl. The third-order valence-electron chi connectivity index (χ3n) is 7.27. The molecule has 3 aromatic rings. The van der Waals surface area contributed by atoms with E-state index in [9.17, 15) is 8.78 Å². The Kier molecular flexibility index (Phi) is 8.62. The molecule has 2 heterocycles. The molecular formula is C29H32ClF2NO3. The Morgan fingerprint density at radius 3 is 2.11 bits per heavy atom. The van der Waals surface area contributed by atoms with Crippen molar-refractivity contribution in [1.29, 1.82) is 0 Å². The molecule has 2 aliphatic rings. The van der Waals surface area contributed by atoms with E-state index in [0.717, 1.165) is 54.9 Å². The van der Waals surface area contributed by atoms with Gasteiger partial charge in [0.15, 0.2) is 0 Å². The molecule has 1 fully saturated rings. The number of halogens is 3. The monoisotopic (exact) mass is 515 g/mol. The van der Waals surface area contributed by atoms with E-state index in [1.807, 2.05) is 18.2 Å². The Balaban J connectivity index is 0.00000304. The first-order valence-corrected chi connectivity index (χ1v) is 12.3. The normalized spacial score (nSPS) is 19.3. The topological polar surface area (TPSA) is 30.9 Å². The van der Waals surface area contributed by atoms with Crippen LogP contribution in [0.25, 0.3) is 0 Å². The fourth-order valence-electron chi connectivity index (χ4n) is 5.04. The van der Waals surface area contributed by atoms with E-state index in [1.54, 1.807) is 24.3 Å². The van der Waals surface area contributed by atoms with E-state index in [2.05, 4.69) is 17.9 Å². The average molecular weight is 516 g/mol. The van der Waals surface area contributed by atoms with Crippen LogP contribution in [-0.2, 0) is 16.1 Å². The van der Waals surface area contributed by atoms with Crippen molar-refractivity contribution in [3.63, 3.8) is 0 Å². The summed E-state index contributed by atoms with van der Waals surface area (Å²) in [4.78, 5) is 2.38. The highest BCUT2D eigenvalue weighted by Gasteiger charge is 2.43. The number of ether oxygens (including phenoxy) is 3. The van der Waals surface area contributed by atoms with Gasteiger partial charge in [-0.05, 0) is 61.2 Å². The van der Waals surface area contributed by atoms with Crippen LogP contribution in [0.5, 0.6) is 5.75 Å². The Hall–Kier alpha value is -2.51. The highest BCUT2D eigenvalue weighted by atomic mass is 35.5. The van der Waals surface area contributed by atoms with Gasteiger partial charge in [-0.25, -0.2) is 8.78 Å². The van der Waals surface area contributed by atoms with E-state index in [0.29, 0.717) is 13.2 Å². The number of piperidine rings is 1. The van der Waals surface area contributed by atoms with Gasteiger partial charge in [-0.2, -0.15) is 0 Å². The predicted molar refractivity (Wildman–Crippen MR) is 138 cm³/mol. The minimum Gasteiger partial charge on any atom is -0.487 e. The lowest BCUT2D eigenvalue weighted by atomic mass is 9.86. The molecule has 0 radical (unpaired) electrons. The zero-order valence-corrected chi connectivity index (χ0v) is 21.2. The van der Waals surface area contributed by atoms with Crippen LogP contribution in [0, 0.1) is 11.6 Å². The maximum Gasteiger partial charge on any atom is 0.125 e. The van der Waals surface area contributed by atoms with E-state index in [-0.39, 0.29) is 41.9 Å². The highest BCUT2D eigenvalue weighted by molar-refractivity contribution is 5.85. The van der Waals surface area contributed by atoms with Crippen LogP contribution in [-0.4, -0.2) is 42.8 Å². The van der Waals surface area contributed by atoms with E-state index in [4.69, 9.17) is 14.2 Å². The summed E-state index contributed by atoms with van der Waals surface area (Å²) in [6.45, 7) is 5.74. The molecule has 0 amide bonds. The second kappa shape index (κ2) is 11.7. The lowest BCUT2D eigenvalue weighted by Gasteiger charge is -2.43. The number of likely N-dealkylation sites (tertiary alicyclic amines) is 1. The van der Waals surface area contributed by atoms with Gasteiger partial charge in [-0.15, -0.1) is 12.4 Å². The number of para-hydroxylation sites is 1. The molecule has 192 valence electrons. The van der Waals surface area contributed by atoms with Crippen molar-refractivity contribution in [2.75, 3.05) is 26.2 Å². The molecule has 36 heavy (non-hydrogen) atoms. The number of rotatable bonds is 6. The van der Waals surface area contributed by atoms with Crippen molar-refractivity contribution >= 4 is 12.4 Å². The molecule has 0 N–H and O–H groups in total. The Morgan fingerprint density at radius 2 is 1.50 bits per heavy atom. The minimum absolute atomic E-state index is 0. The molecule has 1 spiro atoms.